The summed E-state index contributed by atoms with van der Waals surface area (Å²) in [6, 6.07) is 5.53. The van der Waals surface area contributed by atoms with Crippen LogP contribution in [0.5, 0.6) is 0 Å². The number of aromatic nitrogens is 5. The number of fused-ring (bicyclic) bond motifs is 1. The van der Waals surface area contributed by atoms with E-state index in [1.54, 1.807) is 12.1 Å². The Morgan fingerprint density at radius 1 is 1.00 bits per heavy atom. The summed E-state index contributed by atoms with van der Waals surface area (Å²) in [5.41, 5.74) is 2.72. The molecule has 0 atom stereocenters. The van der Waals surface area contributed by atoms with Crippen LogP contribution in [0.2, 0.25) is 0 Å². The van der Waals surface area contributed by atoms with Crippen LogP contribution in [0.15, 0.2) is 49.1 Å². The van der Waals surface area contributed by atoms with Crippen molar-refractivity contribution in [3.63, 3.8) is 0 Å². The largest absolute Gasteiger partial charge is 0.417 e. The van der Waals surface area contributed by atoms with Gasteiger partial charge in [-0.1, -0.05) is 0 Å². The third kappa shape index (κ3) is 3.73. The van der Waals surface area contributed by atoms with Crippen molar-refractivity contribution in [1.82, 2.24) is 24.9 Å². The molecule has 4 heterocycles. The molecule has 0 saturated carbocycles. The Kier molecular flexibility index (Phi) is 4.71. The lowest BCUT2D eigenvalue weighted by molar-refractivity contribution is -0.137. The first-order valence-electron chi connectivity index (χ1n) is 8.61. The first-order valence-corrected chi connectivity index (χ1v) is 8.61. The molecule has 0 aliphatic rings. The summed E-state index contributed by atoms with van der Waals surface area (Å²) in [7, 11) is 0. The second-order valence-corrected chi connectivity index (χ2v) is 6.31. The van der Waals surface area contributed by atoms with E-state index in [1.807, 2.05) is 6.92 Å². The number of nitrogens with one attached hydrogen (secondary N) is 1. The van der Waals surface area contributed by atoms with E-state index in [0.29, 0.717) is 33.9 Å². The third-order valence-electron chi connectivity index (χ3n) is 4.24. The maximum absolute atomic E-state index is 12.7. The van der Waals surface area contributed by atoms with Crippen LogP contribution in [0.4, 0.5) is 30.4 Å². The molecule has 0 saturated heterocycles. The number of aryl methyl sites for hydroxylation is 1. The molecule has 0 aliphatic heterocycles. The lowest BCUT2D eigenvalue weighted by Gasteiger charge is -2.10. The topological polar surface area (TPSA) is 80.8 Å². The van der Waals surface area contributed by atoms with Crippen molar-refractivity contribution in [3.8, 4) is 11.4 Å². The molecule has 148 valence electrons. The standard InChI is InChI=1S/C20H12F3N7/c1-11-7-13(24-2)9-27-17(11)15-10-28-18-14(5-6-25-19(18)30-15)29-16-4-3-12(8-26-16)20(21,22)23/h3-10H,1H3,(H,25,26,29,30). The van der Waals surface area contributed by atoms with Gasteiger partial charge in [0.15, 0.2) is 5.65 Å². The fourth-order valence-electron chi connectivity index (χ4n) is 2.80. The second kappa shape index (κ2) is 7.36. The number of halogens is 3. The SMILES string of the molecule is [C-]#[N+]c1cnc(-c2cnc3c(Nc4ccc(C(F)(F)F)cn4)ccnc3n2)c(C)c1. The van der Waals surface area contributed by atoms with Crippen LogP contribution >= 0.6 is 0 Å². The molecule has 1 N–H and O–H groups in total. The van der Waals surface area contributed by atoms with Gasteiger partial charge in [-0.15, -0.1) is 0 Å². The zero-order valence-corrected chi connectivity index (χ0v) is 15.4. The van der Waals surface area contributed by atoms with E-state index < -0.39 is 11.7 Å². The van der Waals surface area contributed by atoms with E-state index in [4.69, 9.17) is 6.57 Å². The number of hydrogen-bond donors (Lipinski definition) is 1. The smallest absolute Gasteiger partial charge is 0.338 e. The molecule has 10 heteroatoms. The van der Waals surface area contributed by atoms with Crippen molar-refractivity contribution in [3.05, 3.63) is 71.6 Å². The maximum atomic E-state index is 12.7. The fourth-order valence-corrected chi connectivity index (χ4v) is 2.80. The number of nitrogens with zero attached hydrogens (tertiary/aromatic N) is 6. The Hall–Kier alpha value is -4.13. The van der Waals surface area contributed by atoms with Gasteiger partial charge in [-0.05, 0) is 36.8 Å². The van der Waals surface area contributed by atoms with E-state index in [-0.39, 0.29) is 5.82 Å². The van der Waals surface area contributed by atoms with Crippen LogP contribution in [0.3, 0.4) is 0 Å². The summed E-state index contributed by atoms with van der Waals surface area (Å²) in [5.74, 6) is 0.230. The predicted molar refractivity (Wildman–Crippen MR) is 104 cm³/mol. The molecule has 0 bridgehead atoms. The van der Waals surface area contributed by atoms with E-state index in [1.165, 1.54) is 24.7 Å². The van der Waals surface area contributed by atoms with Gasteiger partial charge >= 0.3 is 6.18 Å². The molecule has 0 aliphatic carbocycles. The lowest BCUT2D eigenvalue weighted by Crippen LogP contribution is -2.06. The summed E-state index contributed by atoms with van der Waals surface area (Å²) >= 11 is 0. The molecule has 0 fully saturated rings. The number of rotatable bonds is 3. The van der Waals surface area contributed by atoms with Crippen molar-refractivity contribution in [2.45, 2.75) is 13.1 Å². The molecule has 4 rings (SSSR count). The van der Waals surface area contributed by atoms with E-state index in [2.05, 4.69) is 35.1 Å². The molecule has 7 nitrogen and oxygen atoms in total. The van der Waals surface area contributed by atoms with Gasteiger partial charge in [-0.3, -0.25) is 4.98 Å². The summed E-state index contributed by atoms with van der Waals surface area (Å²) < 4.78 is 38.1. The van der Waals surface area contributed by atoms with E-state index >= 15 is 0 Å². The van der Waals surface area contributed by atoms with Gasteiger partial charge in [0.2, 0.25) is 5.69 Å². The minimum absolute atomic E-state index is 0.230. The quantitative estimate of drug-likeness (QED) is 0.476. The molecule has 0 amide bonds. The molecule has 0 radical (unpaired) electrons. The molecule has 0 unspecified atom stereocenters. The zero-order valence-electron chi connectivity index (χ0n) is 15.4. The number of pyridine rings is 3. The molecule has 4 aromatic rings. The van der Waals surface area contributed by atoms with Gasteiger partial charge in [-0.2, -0.15) is 13.2 Å². The summed E-state index contributed by atoms with van der Waals surface area (Å²) in [4.78, 5) is 24.5. The first-order chi connectivity index (χ1) is 14.3. The van der Waals surface area contributed by atoms with Crippen molar-refractivity contribution in [2.24, 2.45) is 0 Å². The minimum Gasteiger partial charge on any atom is -0.338 e. The molecule has 30 heavy (non-hydrogen) atoms. The number of alkyl halides is 3. The fraction of sp³-hybridized carbons (Fsp3) is 0.100. The highest BCUT2D eigenvalue weighted by Gasteiger charge is 2.30. The monoisotopic (exact) mass is 407 g/mol. The minimum atomic E-state index is -4.45. The first kappa shape index (κ1) is 19.2. The number of anilines is 2. The van der Waals surface area contributed by atoms with Crippen molar-refractivity contribution < 1.29 is 13.2 Å². The van der Waals surface area contributed by atoms with Crippen molar-refractivity contribution in [2.75, 3.05) is 5.32 Å². The summed E-state index contributed by atoms with van der Waals surface area (Å²) in [6.07, 6.45) is 0.813. The Labute approximate surface area is 168 Å². The van der Waals surface area contributed by atoms with Gasteiger partial charge in [0.1, 0.15) is 17.0 Å². The van der Waals surface area contributed by atoms with Crippen molar-refractivity contribution >= 4 is 28.4 Å². The lowest BCUT2D eigenvalue weighted by atomic mass is 10.1. The highest BCUT2D eigenvalue weighted by Crippen LogP contribution is 2.30. The Balaban J connectivity index is 1.67. The van der Waals surface area contributed by atoms with E-state index in [0.717, 1.165) is 17.8 Å². The molecular formula is C20H12F3N7. The van der Waals surface area contributed by atoms with Gasteiger partial charge in [0.25, 0.3) is 0 Å². The Bertz CT molecular complexity index is 1280. The van der Waals surface area contributed by atoms with Crippen LogP contribution in [-0.2, 0) is 6.18 Å². The van der Waals surface area contributed by atoms with Gasteiger partial charge in [-0.25, -0.2) is 24.8 Å². The van der Waals surface area contributed by atoms with Crippen LogP contribution in [0.25, 0.3) is 27.4 Å². The average Bonchev–Trinajstić information content (AvgIpc) is 2.73. The van der Waals surface area contributed by atoms with E-state index in [9.17, 15) is 13.2 Å². The third-order valence-corrected chi connectivity index (χ3v) is 4.24. The molecule has 0 spiro atoms. The second-order valence-electron chi connectivity index (χ2n) is 6.31. The average molecular weight is 407 g/mol. The Morgan fingerprint density at radius 2 is 1.83 bits per heavy atom. The molecular weight excluding hydrogens is 395 g/mol. The highest BCUT2D eigenvalue weighted by molar-refractivity contribution is 5.87. The predicted octanol–water partition coefficient (Wildman–Crippen LogP) is 5.10. The normalized spacial score (nSPS) is 11.3. The maximum Gasteiger partial charge on any atom is 0.417 e. The summed E-state index contributed by atoms with van der Waals surface area (Å²) in [5, 5.41) is 2.94. The Morgan fingerprint density at radius 3 is 2.50 bits per heavy atom. The van der Waals surface area contributed by atoms with Gasteiger partial charge in [0.05, 0.1) is 29.7 Å². The number of hydrogen-bond acceptors (Lipinski definition) is 6. The van der Waals surface area contributed by atoms with Crippen LogP contribution in [0.1, 0.15) is 11.1 Å². The van der Waals surface area contributed by atoms with Crippen LogP contribution < -0.4 is 5.32 Å². The molecule has 0 aromatic carbocycles. The van der Waals surface area contributed by atoms with Crippen LogP contribution in [-0.4, -0.2) is 24.9 Å². The highest BCUT2D eigenvalue weighted by atomic mass is 19.4. The van der Waals surface area contributed by atoms with Gasteiger partial charge < -0.3 is 5.32 Å². The van der Waals surface area contributed by atoms with Crippen molar-refractivity contribution in [1.29, 1.82) is 0 Å². The zero-order chi connectivity index (χ0) is 21.3. The summed E-state index contributed by atoms with van der Waals surface area (Å²) in [6.45, 7) is 8.88. The van der Waals surface area contributed by atoms with Crippen LogP contribution in [0, 0.1) is 13.5 Å². The molecule has 4 aromatic heterocycles. The van der Waals surface area contributed by atoms with Gasteiger partial charge in [0, 0.05) is 18.6 Å².